The molecule has 1 aromatic carbocycles. The summed E-state index contributed by atoms with van der Waals surface area (Å²) in [6.07, 6.45) is 0.734. The minimum absolute atomic E-state index is 0.174. The third-order valence-corrected chi connectivity index (χ3v) is 2.76. The van der Waals surface area contributed by atoms with Gasteiger partial charge < -0.3 is 4.42 Å². The molecule has 0 aliphatic carbocycles. The largest absolute Gasteiger partial charge is 0.444 e. The molecule has 0 radical (unpaired) electrons. The Balaban J connectivity index is 2.83. The second-order valence-corrected chi connectivity index (χ2v) is 4.13. The van der Waals surface area contributed by atoms with Gasteiger partial charge >= 0.3 is 0 Å². The van der Waals surface area contributed by atoms with Crippen LogP contribution in [0.2, 0.25) is 5.22 Å². The van der Waals surface area contributed by atoms with Crippen molar-refractivity contribution in [3.8, 4) is 0 Å². The van der Waals surface area contributed by atoms with Crippen molar-refractivity contribution in [1.82, 2.24) is 0 Å². The quantitative estimate of drug-likeness (QED) is 0.719. The normalized spacial score (nSPS) is 11.2. The molecule has 3 heteroatoms. The van der Waals surface area contributed by atoms with Crippen LogP contribution < -0.4 is 0 Å². The van der Waals surface area contributed by atoms with Crippen LogP contribution in [0.4, 0.5) is 0 Å². The van der Waals surface area contributed by atoms with E-state index in [0.717, 1.165) is 22.8 Å². The lowest BCUT2D eigenvalue weighted by Crippen LogP contribution is -1.87. The molecule has 2 nitrogen and oxygen atoms in total. The fourth-order valence-electron chi connectivity index (χ4n) is 1.70. The van der Waals surface area contributed by atoms with Crippen molar-refractivity contribution >= 4 is 28.9 Å². The molecule has 0 spiro atoms. The van der Waals surface area contributed by atoms with Gasteiger partial charge in [-0.1, -0.05) is 32.0 Å². The minimum atomic E-state index is 0.174. The lowest BCUT2D eigenvalue weighted by atomic mass is 10.0. The van der Waals surface area contributed by atoms with Crippen molar-refractivity contribution < 1.29 is 9.21 Å². The van der Waals surface area contributed by atoms with Gasteiger partial charge in [0.2, 0.25) is 5.22 Å². The number of hydrogen-bond donors (Lipinski definition) is 0. The van der Waals surface area contributed by atoms with E-state index in [4.69, 9.17) is 16.0 Å². The van der Waals surface area contributed by atoms with Crippen molar-refractivity contribution in [3.63, 3.8) is 0 Å². The lowest BCUT2D eigenvalue weighted by Gasteiger charge is -2.04. The highest BCUT2D eigenvalue weighted by atomic mass is 35.5. The third kappa shape index (κ3) is 1.55. The van der Waals surface area contributed by atoms with Crippen LogP contribution in [-0.2, 0) is 0 Å². The van der Waals surface area contributed by atoms with E-state index in [2.05, 4.69) is 13.8 Å². The summed E-state index contributed by atoms with van der Waals surface area (Å²) in [6.45, 7) is 4.15. The summed E-state index contributed by atoms with van der Waals surface area (Å²) in [6, 6.07) is 5.75. The first-order chi connectivity index (χ1) is 7.15. The second-order valence-electron chi connectivity index (χ2n) is 3.79. The highest BCUT2D eigenvalue weighted by Crippen LogP contribution is 2.33. The summed E-state index contributed by atoms with van der Waals surface area (Å²) in [5, 5.41) is 0.967. The molecule has 0 unspecified atom stereocenters. The molecule has 0 bridgehead atoms. The number of para-hydroxylation sites is 1. The van der Waals surface area contributed by atoms with Crippen LogP contribution in [0.3, 0.4) is 0 Å². The molecule has 0 fully saturated rings. The van der Waals surface area contributed by atoms with E-state index in [1.807, 2.05) is 18.2 Å². The second kappa shape index (κ2) is 3.70. The molecule has 0 N–H and O–H groups in total. The molecule has 0 saturated carbocycles. The molecule has 0 aliphatic rings. The van der Waals surface area contributed by atoms with Crippen molar-refractivity contribution in [1.29, 1.82) is 0 Å². The third-order valence-electron chi connectivity index (χ3n) is 2.48. The Labute approximate surface area is 92.8 Å². The first-order valence-corrected chi connectivity index (χ1v) is 5.19. The zero-order chi connectivity index (χ0) is 11.0. The number of rotatable bonds is 2. The minimum Gasteiger partial charge on any atom is -0.444 e. The molecule has 1 aromatic heterocycles. The SMILES string of the molecule is CC(C)c1cccc2c(C=O)c(Cl)oc12. The lowest BCUT2D eigenvalue weighted by molar-refractivity contribution is 0.112. The standard InChI is InChI=1S/C12H11ClO2/c1-7(2)8-4-3-5-9-10(6-14)12(13)15-11(8)9/h3-7H,1-2H3. The van der Waals surface area contributed by atoms with Gasteiger partial charge in [-0.3, -0.25) is 4.79 Å². The highest BCUT2D eigenvalue weighted by Gasteiger charge is 2.15. The number of aldehydes is 1. The molecule has 0 aliphatic heterocycles. The molecule has 0 atom stereocenters. The first kappa shape index (κ1) is 10.2. The zero-order valence-corrected chi connectivity index (χ0v) is 9.34. The number of benzene rings is 1. The van der Waals surface area contributed by atoms with E-state index in [1.165, 1.54) is 0 Å². The van der Waals surface area contributed by atoms with E-state index >= 15 is 0 Å². The van der Waals surface area contributed by atoms with Gasteiger partial charge in [-0.05, 0) is 23.1 Å². The predicted molar refractivity (Wildman–Crippen MR) is 60.7 cm³/mol. The molecular weight excluding hydrogens is 212 g/mol. The van der Waals surface area contributed by atoms with Crippen molar-refractivity contribution in [2.45, 2.75) is 19.8 Å². The van der Waals surface area contributed by atoms with Gasteiger partial charge in [0.1, 0.15) is 5.58 Å². The number of fused-ring (bicyclic) bond motifs is 1. The van der Waals surface area contributed by atoms with Crippen LogP contribution in [0.25, 0.3) is 11.0 Å². The molecular formula is C12H11ClO2. The van der Waals surface area contributed by atoms with Crippen LogP contribution in [-0.4, -0.2) is 6.29 Å². The number of carbonyl (C=O) groups is 1. The first-order valence-electron chi connectivity index (χ1n) is 4.81. The summed E-state index contributed by atoms with van der Waals surface area (Å²) in [5.41, 5.74) is 2.23. The van der Waals surface area contributed by atoms with Crippen LogP contribution in [0.15, 0.2) is 22.6 Å². The fourth-order valence-corrected chi connectivity index (χ4v) is 1.92. The van der Waals surface area contributed by atoms with E-state index in [9.17, 15) is 4.79 Å². The molecule has 78 valence electrons. The van der Waals surface area contributed by atoms with Gasteiger partial charge in [-0.2, -0.15) is 0 Å². The molecule has 0 amide bonds. The fraction of sp³-hybridized carbons (Fsp3) is 0.250. The van der Waals surface area contributed by atoms with Gasteiger partial charge in [0.25, 0.3) is 0 Å². The molecule has 15 heavy (non-hydrogen) atoms. The van der Waals surface area contributed by atoms with Crippen molar-refractivity contribution in [3.05, 3.63) is 34.5 Å². The van der Waals surface area contributed by atoms with E-state index in [0.29, 0.717) is 11.5 Å². The zero-order valence-electron chi connectivity index (χ0n) is 8.58. The maximum Gasteiger partial charge on any atom is 0.205 e. The number of halogens is 1. The summed E-state index contributed by atoms with van der Waals surface area (Å²) < 4.78 is 5.42. The average Bonchev–Trinajstić information content (AvgIpc) is 2.52. The molecule has 2 aromatic rings. The Bertz CT molecular complexity index is 512. The number of carbonyl (C=O) groups excluding carboxylic acids is 1. The van der Waals surface area contributed by atoms with Gasteiger partial charge in [0.05, 0.1) is 5.56 Å². The van der Waals surface area contributed by atoms with Crippen molar-refractivity contribution in [2.24, 2.45) is 0 Å². The Morgan fingerprint density at radius 3 is 2.73 bits per heavy atom. The maximum absolute atomic E-state index is 10.8. The van der Waals surface area contributed by atoms with Gasteiger partial charge in [0.15, 0.2) is 6.29 Å². The van der Waals surface area contributed by atoms with Gasteiger partial charge in [0, 0.05) is 5.39 Å². The molecule has 0 saturated heterocycles. The van der Waals surface area contributed by atoms with Crippen LogP contribution >= 0.6 is 11.6 Å². The summed E-state index contributed by atoms with van der Waals surface area (Å²) in [4.78, 5) is 10.8. The van der Waals surface area contributed by atoms with Gasteiger partial charge in [-0.15, -0.1) is 0 Å². The Kier molecular flexibility index (Phi) is 2.53. The Morgan fingerprint density at radius 1 is 1.40 bits per heavy atom. The Hall–Kier alpha value is -1.28. The highest BCUT2D eigenvalue weighted by molar-refractivity contribution is 6.33. The number of furan rings is 1. The summed E-state index contributed by atoms with van der Waals surface area (Å²) in [7, 11) is 0. The average molecular weight is 223 g/mol. The summed E-state index contributed by atoms with van der Waals surface area (Å²) in [5.74, 6) is 0.343. The van der Waals surface area contributed by atoms with Gasteiger partial charge in [-0.25, -0.2) is 0 Å². The topological polar surface area (TPSA) is 30.2 Å². The van der Waals surface area contributed by atoms with E-state index in [-0.39, 0.29) is 5.22 Å². The monoisotopic (exact) mass is 222 g/mol. The van der Waals surface area contributed by atoms with Crippen molar-refractivity contribution in [2.75, 3.05) is 0 Å². The van der Waals surface area contributed by atoms with Crippen LogP contribution in [0.1, 0.15) is 35.7 Å². The predicted octanol–water partition coefficient (Wildman–Crippen LogP) is 4.02. The molecule has 2 rings (SSSR count). The van der Waals surface area contributed by atoms with Crippen LogP contribution in [0, 0.1) is 0 Å². The van der Waals surface area contributed by atoms with Crippen LogP contribution in [0.5, 0.6) is 0 Å². The Morgan fingerprint density at radius 2 is 2.13 bits per heavy atom. The maximum atomic E-state index is 10.8. The van der Waals surface area contributed by atoms with E-state index in [1.54, 1.807) is 0 Å². The smallest absolute Gasteiger partial charge is 0.205 e. The van der Waals surface area contributed by atoms with E-state index < -0.39 is 0 Å². The molecule has 1 heterocycles. The summed E-state index contributed by atoms with van der Waals surface area (Å²) >= 11 is 5.85. The number of hydrogen-bond acceptors (Lipinski definition) is 2.